The van der Waals surface area contributed by atoms with Crippen molar-refractivity contribution in [3.8, 4) is 5.88 Å². The molecular formula is C16H14N4O2. The van der Waals surface area contributed by atoms with Crippen molar-refractivity contribution in [1.29, 1.82) is 0 Å². The molecule has 110 valence electrons. The van der Waals surface area contributed by atoms with E-state index in [2.05, 4.69) is 20.5 Å². The molecule has 0 fully saturated rings. The Morgan fingerprint density at radius 1 is 1.14 bits per heavy atom. The van der Waals surface area contributed by atoms with Crippen LogP contribution in [0.25, 0.3) is 0 Å². The number of carbonyl (C=O) groups is 1. The average Bonchev–Trinajstić information content (AvgIpc) is 3.03. The van der Waals surface area contributed by atoms with Gasteiger partial charge in [0.2, 0.25) is 5.88 Å². The number of nitrogens with zero attached hydrogens (tertiary/aromatic N) is 2. The third kappa shape index (κ3) is 3.29. The molecule has 0 radical (unpaired) electrons. The zero-order valence-electron chi connectivity index (χ0n) is 11.7. The average molecular weight is 294 g/mol. The molecule has 0 bridgehead atoms. The Balaban J connectivity index is 1.68. The first kappa shape index (κ1) is 13.8. The van der Waals surface area contributed by atoms with Gasteiger partial charge in [0.25, 0.3) is 5.91 Å². The number of nitrogens with one attached hydrogen (secondary N) is 2. The minimum Gasteiger partial charge on any atom is -0.473 e. The third-order valence-corrected chi connectivity index (χ3v) is 3.01. The van der Waals surface area contributed by atoms with Crippen LogP contribution in [0.5, 0.6) is 5.88 Å². The molecule has 1 amide bonds. The van der Waals surface area contributed by atoms with Gasteiger partial charge < -0.3 is 10.1 Å². The Morgan fingerprint density at radius 2 is 1.91 bits per heavy atom. The minimum atomic E-state index is -0.273. The fourth-order valence-electron chi connectivity index (χ4n) is 1.90. The van der Waals surface area contributed by atoms with E-state index in [0.717, 1.165) is 5.56 Å². The predicted molar refractivity (Wildman–Crippen MR) is 81.6 cm³/mol. The molecule has 2 heterocycles. The Kier molecular flexibility index (Phi) is 4.10. The standard InChI is InChI=1S/C16H14N4O2/c21-15(19-13-4-2-1-3-5-13)14-10-18-20-16(14)22-11-12-6-8-17-9-7-12/h1-10H,11H2,(H,18,20)(H,19,21). The maximum atomic E-state index is 12.2. The second kappa shape index (κ2) is 6.53. The van der Waals surface area contributed by atoms with Gasteiger partial charge >= 0.3 is 0 Å². The van der Waals surface area contributed by atoms with Gasteiger partial charge in [0, 0.05) is 18.1 Å². The van der Waals surface area contributed by atoms with E-state index >= 15 is 0 Å². The number of ether oxygens (including phenoxy) is 1. The van der Waals surface area contributed by atoms with Crippen molar-refractivity contribution in [2.75, 3.05) is 5.32 Å². The summed E-state index contributed by atoms with van der Waals surface area (Å²) in [5.74, 6) is 0.0647. The molecule has 1 aromatic carbocycles. The third-order valence-electron chi connectivity index (χ3n) is 3.01. The summed E-state index contributed by atoms with van der Waals surface area (Å²) in [6, 6.07) is 12.9. The SMILES string of the molecule is O=C(Nc1ccccc1)c1cn[nH]c1OCc1ccncc1. The number of aromatic amines is 1. The van der Waals surface area contributed by atoms with Gasteiger partial charge in [0.15, 0.2) is 0 Å². The summed E-state index contributed by atoms with van der Waals surface area (Å²) < 4.78 is 5.62. The lowest BCUT2D eigenvalue weighted by Gasteiger charge is -2.07. The maximum absolute atomic E-state index is 12.2. The summed E-state index contributed by atoms with van der Waals surface area (Å²) in [5, 5.41) is 9.36. The molecule has 0 unspecified atom stereocenters. The van der Waals surface area contributed by atoms with E-state index in [4.69, 9.17) is 4.74 Å². The van der Waals surface area contributed by atoms with Gasteiger partial charge in [-0.25, -0.2) is 5.10 Å². The second-order valence-corrected chi connectivity index (χ2v) is 4.58. The van der Waals surface area contributed by atoms with Crippen molar-refractivity contribution < 1.29 is 9.53 Å². The quantitative estimate of drug-likeness (QED) is 0.758. The normalized spacial score (nSPS) is 10.2. The first-order valence-corrected chi connectivity index (χ1v) is 6.74. The summed E-state index contributed by atoms with van der Waals surface area (Å²) in [7, 11) is 0. The van der Waals surface area contributed by atoms with Crippen LogP contribution in [-0.2, 0) is 6.61 Å². The van der Waals surface area contributed by atoms with E-state index < -0.39 is 0 Å². The smallest absolute Gasteiger partial charge is 0.262 e. The number of benzene rings is 1. The van der Waals surface area contributed by atoms with Crippen molar-refractivity contribution in [2.24, 2.45) is 0 Å². The van der Waals surface area contributed by atoms with E-state index in [1.807, 2.05) is 42.5 Å². The zero-order chi connectivity index (χ0) is 15.2. The highest BCUT2D eigenvalue weighted by molar-refractivity contribution is 6.05. The van der Waals surface area contributed by atoms with Crippen molar-refractivity contribution in [2.45, 2.75) is 6.61 Å². The van der Waals surface area contributed by atoms with Crippen molar-refractivity contribution in [3.63, 3.8) is 0 Å². The number of rotatable bonds is 5. The summed E-state index contributed by atoms with van der Waals surface area (Å²) >= 11 is 0. The lowest BCUT2D eigenvalue weighted by molar-refractivity contribution is 0.102. The summed E-state index contributed by atoms with van der Waals surface area (Å²) in [6.45, 7) is 0.330. The number of hydrogen-bond acceptors (Lipinski definition) is 4. The van der Waals surface area contributed by atoms with Crippen molar-refractivity contribution in [1.82, 2.24) is 15.2 Å². The Morgan fingerprint density at radius 3 is 2.68 bits per heavy atom. The highest BCUT2D eigenvalue weighted by Crippen LogP contribution is 2.17. The molecule has 22 heavy (non-hydrogen) atoms. The number of aromatic nitrogens is 3. The van der Waals surface area contributed by atoms with Gasteiger partial charge in [-0.1, -0.05) is 18.2 Å². The van der Waals surface area contributed by atoms with Gasteiger partial charge in [0.05, 0.1) is 6.20 Å². The first-order chi connectivity index (χ1) is 10.8. The number of hydrogen-bond donors (Lipinski definition) is 2. The zero-order valence-corrected chi connectivity index (χ0v) is 11.7. The van der Waals surface area contributed by atoms with E-state index in [0.29, 0.717) is 23.7 Å². The van der Waals surface area contributed by atoms with Crippen LogP contribution in [0, 0.1) is 0 Å². The number of carbonyl (C=O) groups excluding carboxylic acids is 1. The highest BCUT2D eigenvalue weighted by atomic mass is 16.5. The van der Waals surface area contributed by atoms with E-state index in [9.17, 15) is 4.79 Å². The molecular weight excluding hydrogens is 280 g/mol. The fourth-order valence-corrected chi connectivity index (χ4v) is 1.90. The topological polar surface area (TPSA) is 79.9 Å². The van der Waals surface area contributed by atoms with Crippen LogP contribution in [0.3, 0.4) is 0 Å². The minimum absolute atomic E-state index is 0.273. The van der Waals surface area contributed by atoms with E-state index in [-0.39, 0.29) is 5.91 Å². The lowest BCUT2D eigenvalue weighted by atomic mass is 10.2. The molecule has 2 aromatic heterocycles. The molecule has 0 saturated heterocycles. The Labute approximate surface area is 127 Å². The van der Waals surface area contributed by atoms with Crippen LogP contribution in [0.1, 0.15) is 15.9 Å². The Bertz CT molecular complexity index is 741. The molecule has 6 heteroatoms. The van der Waals surface area contributed by atoms with Crippen LogP contribution in [0.4, 0.5) is 5.69 Å². The molecule has 0 aliphatic heterocycles. The van der Waals surface area contributed by atoms with Gasteiger partial charge in [-0.2, -0.15) is 5.10 Å². The molecule has 0 spiro atoms. The van der Waals surface area contributed by atoms with Crippen LogP contribution in [0.2, 0.25) is 0 Å². The summed E-state index contributed by atoms with van der Waals surface area (Å²) in [6.07, 6.45) is 4.82. The largest absolute Gasteiger partial charge is 0.473 e. The monoisotopic (exact) mass is 294 g/mol. The number of amides is 1. The molecule has 3 aromatic rings. The number of para-hydroxylation sites is 1. The second-order valence-electron chi connectivity index (χ2n) is 4.58. The van der Waals surface area contributed by atoms with E-state index in [1.165, 1.54) is 6.20 Å². The van der Waals surface area contributed by atoms with Crippen LogP contribution >= 0.6 is 0 Å². The number of pyridine rings is 1. The Hall–Kier alpha value is -3.15. The summed E-state index contributed by atoms with van der Waals surface area (Å²) in [5.41, 5.74) is 2.03. The van der Waals surface area contributed by atoms with Crippen molar-refractivity contribution >= 4 is 11.6 Å². The summed E-state index contributed by atoms with van der Waals surface area (Å²) in [4.78, 5) is 16.2. The molecule has 0 atom stereocenters. The predicted octanol–water partition coefficient (Wildman–Crippen LogP) is 2.64. The lowest BCUT2D eigenvalue weighted by Crippen LogP contribution is -2.12. The molecule has 2 N–H and O–H groups in total. The van der Waals surface area contributed by atoms with E-state index in [1.54, 1.807) is 12.4 Å². The molecule has 0 aliphatic rings. The van der Waals surface area contributed by atoms with Gasteiger partial charge in [-0.05, 0) is 29.8 Å². The molecule has 6 nitrogen and oxygen atoms in total. The van der Waals surface area contributed by atoms with Crippen LogP contribution < -0.4 is 10.1 Å². The van der Waals surface area contributed by atoms with Gasteiger partial charge in [-0.15, -0.1) is 0 Å². The van der Waals surface area contributed by atoms with Crippen molar-refractivity contribution in [3.05, 3.63) is 72.2 Å². The molecule has 0 aliphatic carbocycles. The van der Waals surface area contributed by atoms with Crippen LogP contribution in [-0.4, -0.2) is 21.1 Å². The number of anilines is 1. The highest BCUT2D eigenvalue weighted by Gasteiger charge is 2.15. The fraction of sp³-hybridized carbons (Fsp3) is 0.0625. The van der Waals surface area contributed by atoms with Crippen LogP contribution in [0.15, 0.2) is 61.1 Å². The molecule has 3 rings (SSSR count). The first-order valence-electron chi connectivity index (χ1n) is 6.74. The molecule has 0 saturated carbocycles. The maximum Gasteiger partial charge on any atom is 0.262 e. The van der Waals surface area contributed by atoms with Gasteiger partial charge in [-0.3, -0.25) is 9.78 Å². The van der Waals surface area contributed by atoms with Gasteiger partial charge in [0.1, 0.15) is 12.2 Å². The number of H-pyrrole nitrogens is 1.